The Bertz CT molecular complexity index is 541. The third kappa shape index (κ3) is 4.19. The second-order valence-electron chi connectivity index (χ2n) is 4.48. The van der Waals surface area contributed by atoms with E-state index in [4.69, 9.17) is 10.3 Å². The number of hydrogen-bond acceptors (Lipinski definition) is 8. The lowest BCUT2D eigenvalue weighted by atomic mass is 10.4. The van der Waals surface area contributed by atoms with Gasteiger partial charge < -0.3 is 10.3 Å². The summed E-state index contributed by atoms with van der Waals surface area (Å²) in [6.07, 6.45) is 1.80. The summed E-state index contributed by atoms with van der Waals surface area (Å²) in [5, 5.41) is 4.90. The lowest BCUT2D eigenvalue weighted by Gasteiger charge is -2.11. The summed E-state index contributed by atoms with van der Waals surface area (Å²) in [4.78, 5) is 11.7. The first-order chi connectivity index (χ1) is 9.58. The topological polar surface area (TPSA) is 81.1 Å². The van der Waals surface area contributed by atoms with Crippen LogP contribution in [0.5, 0.6) is 0 Å². The molecule has 0 fully saturated rings. The number of nitrogens with two attached hydrogens (primary N) is 1. The van der Waals surface area contributed by atoms with Crippen molar-refractivity contribution in [2.75, 3.05) is 18.5 Å². The molecule has 2 aromatic rings. The Morgan fingerprint density at radius 3 is 2.95 bits per heavy atom. The zero-order chi connectivity index (χ0) is 14.5. The third-order valence-corrected chi connectivity index (χ3v) is 4.52. The summed E-state index contributed by atoms with van der Waals surface area (Å²) < 4.78 is 5.29. The fraction of sp³-hybridized carbons (Fsp3) is 0.583. The van der Waals surface area contributed by atoms with Gasteiger partial charge in [-0.2, -0.15) is 16.7 Å². The van der Waals surface area contributed by atoms with Crippen molar-refractivity contribution in [3.63, 3.8) is 0 Å². The minimum atomic E-state index is 0.268. The van der Waals surface area contributed by atoms with Crippen LogP contribution in [0.15, 0.2) is 10.7 Å². The van der Waals surface area contributed by atoms with Crippen LogP contribution in [-0.2, 0) is 13.1 Å². The molecule has 1 unspecified atom stereocenters. The van der Waals surface area contributed by atoms with Gasteiger partial charge in [0.15, 0.2) is 11.0 Å². The number of anilines is 1. The summed E-state index contributed by atoms with van der Waals surface area (Å²) >= 11 is 3.30. The van der Waals surface area contributed by atoms with E-state index < -0.39 is 0 Å². The van der Waals surface area contributed by atoms with Gasteiger partial charge in [0.25, 0.3) is 0 Å². The first-order valence-electron chi connectivity index (χ1n) is 6.41. The van der Waals surface area contributed by atoms with E-state index in [9.17, 15) is 0 Å². The molecule has 0 aromatic carbocycles. The molecule has 2 rings (SSSR count). The average molecular weight is 313 g/mol. The zero-order valence-corrected chi connectivity index (χ0v) is 13.5. The molecule has 1 atom stereocenters. The summed E-state index contributed by atoms with van der Waals surface area (Å²) in [6, 6.07) is 0. The fourth-order valence-corrected chi connectivity index (χ4v) is 3.28. The van der Waals surface area contributed by atoms with E-state index in [1.165, 1.54) is 11.3 Å². The molecule has 0 radical (unpaired) electrons. The summed E-state index contributed by atoms with van der Waals surface area (Å²) in [6.45, 7) is 5.60. The Morgan fingerprint density at radius 1 is 1.50 bits per heavy atom. The van der Waals surface area contributed by atoms with Gasteiger partial charge in [-0.15, -0.1) is 11.3 Å². The van der Waals surface area contributed by atoms with Gasteiger partial charge in [0, 0.05) is 17.6 Å². The maximum Gasteiger partial charge on any atom is 0.240 e. The van der Waals surface area contributed by atoms with Crippen LogP contribution in [0.4, 0.5) is 5.13 Å². The Morgan fingerprint density at radius 2 is 2.30 bits per heavy atom. The van der Waals surface area contributed by atoms with Crippen molar-refractivity contribution in [1.82, 2.24) is 20.0 Å². The highest BCUT2D eigenvalue weighted by Gasteiger charge is 2.15. The molecule has 0 saturated heterocycles. The van der Waals surface area contributed by atoms with Gasteiger partial charge in [-0.1, -0.05) is 12.1 Å². The van der Waals surface area contributed by atoms with Crippen LogP contribution in [0.2, 0.25) is 0 Å². The molecule has 110 valence electrons. The molecular weight excluding hydrogens is 294 g/mol. The van der Waals surface area contributed by atoms with Crippen LogP contribution in [0.25, 0.3) is 0 Å². The van der Waals surface area contributed by atoms with Gasteiger partial charge in [0.2, 0.25) is 5.89 Å². The normalized spacial score (nSPS) is 13.0. The van der Waals surface area contributed by atoms with Crippen molar-refractivity contribution in [1.29, 1.82) is 0 Å². The number of nitrogens with zero attached hydrogens (tertiary/aromatic N) is 4. The predicted molar refractivity (Wildman–Crippen MR) is 82.5 cm³/mol. The van der Waals surface area contributed by atoms with Crippen molar-refractivity contribution in [3.8, 4) is 0 Å². The average Bonchev–Trinajstić information content (AvgIpc) is 2.99. The van der Waals surface area contributed by atoms with Gasteiger partial charge in [-0.05, 0) is 19.7 Å². The first-order valence-corrected chi connectivity index (χ1v) is 8.27. The molecule has 0 bridgehead atoms. The Balaban J connectivity index is 1.89. The monoisotopic (exact) mass is 313 g/mol. The van der Waals surface area contributed by atoms with Crippen LogP contribution in [0.3, 0.4) is 0 Å². The SMILES string of the molecule is CCSC(C)c1noc(CN(C)Cc2cnc(N)s2)n1. The van der Waals surface area contributed by atoms with Crippen LogP contribution < -0.4 is 5.73 Å². The number of aromatic nitrogens is 3. The van der Waals surface area contributed by atoms with Crippen molar-refractivity contribution in [2.45, 2.75) is 32.2 Å². The molecule has 2 N–H and O–H groups in total. The molecule has 2 aromatic heterocycles. The van der Waals surface area contributed by atoms with Gasteiger partial charge in [-0.3, -0.25) is 4.90 Å². The van der Waals surface area contributed by atoms with E-state index in [0.29, 0.717) is 17.6 Å². The molecule has 2 heterocycles. The summed E-state index contributed by atoms with van der Waals surface area (Å²) in [5.74, 6) is 2.45. The third-order valence-electron chi connectivity index (χ3n) is 2.67. The van der Waals surface area contributed by atoms with Crippen molar-refractivity contribution < 1.29 is 4.52 Å². The maximum absolute atomic E-state index is 5.62. The molecule has 0 amide bonds. The minimum Gasteiger partial charge on any atom is -0.375 e. The van der Waals surface area contributed by atoms with Crippen LogP contribution in [-0.4, -0.2) is 32.8 Å². The van der Waals surface area contributed by atoms with Crippen LogP contribution in [0.1, 0.15) is 35.7 Å². The second kappa shape index (κ2) is 7.05. The smallest absolute Gasteiger partial charge is 0.240 e. The van der Waals surface area contributed by atoms with E-state index >= 15 is 0 Å². The zero-order valence-electron chi connectivity index (χ0n) is 11.9. The Kier molecular flexibility index (Phi) is 5.38. The highest BCUT2D eigenvalue weighted by Crippen LogP contribution is 2.25. The van der Waals surface area contributed by atoms with E-state index in [-0.39, 0.29) is 5.25 Å². The molecule has 0 aliphatic rings. The summed E-state index contributed by atoms with van der Waals surface area (Å²) in [7, 11) is 2.00. The van der Waals surface area contributed by atoms with Crippen molar-refractivity contribution in [3.05, 3.63) is 22.8 Å². The molecule has 0 saturated carbocycles. The lowest BCUT2D eigenvalue weighted by molar-refractivity contribution is 0.261. The maximum atomic E-state index is 5.62. The van der Waals surface area contributed by atoms with Crippen molar-refractivity contribution in [2.24, 2.45) is 0 Å². The minimum absolute atomic E-state index is 0.268. The lowest BCUT2D eigenvalue weighted by Crippen LogP contribution is -2.16. The molecule has 0 spiro atoms. The largest absolute Gasteiger partial charge is 0.375 e. The number of hydrogen-bond donors (Lipinski definition) is 1. The van der Waals surface area contributed by atoms with Crippen LogP contribution in [0, 0.1) is 0 Å². The Labute approximate surface area is 126 Å². The van der Waals surface area contributed by atoms with Crippen molar-refractivity contribution >= 4 is 28.2 Å². The van der Waals surface area contributed by atoms with E-state index in [0.717, 1.165) is 23.0 Å². The number of thiazole rings is 1. The molecular formula is C12H19N5OS2. The van der Waals surface area contributed by atoms with E-state index in [2.05, 4.69) is 33.9 Å². The quantitative estimate of drug-likeness (QED) is 0.841. The molecule has 8 heteroatoms. The highest BCUT2D eigenvalue weighted by molar-refractivity contribution is 7.99. The fourth-order valence-electron chi connectivity index (χ4n) is 1.77. The standard InChI is InChI=1S/C12H19N5OS2/c1-4-19-8(2)11-15-10(18-16-11)7-17(3)6-9-5-14-12(13)20-9/h5,8H,4,6-7H2,1-3H3,(H2,13,14). The molecule has 6 nitrogen and oxygen atoms in total. The molecule has 0 aliphatic carbocycles. The van der Waals surface area contributed by atoms with Gasteiger partial charge >= 0.3 is 0 Å². The molecule has 20 heavy (non-hydrogen) atoms. The van der Waals surface area contributed by atoms with Gasteiger partial charge in [-0.25, -0.2) is 4.98 Å². The summed E-state index contributed by atoms with van der Waals surface area (Å²) in [5.41, 5.74) is 5.62. The predicted octanol–water partition coefficient (Wildman–Crippen LogP) is 2.55. The van der Waals surface area contributed by atoms with E-state index in [1.807, 2.05) is 7.05 Å². The second-order valence-corrected chi connectivity index (χ2v) is 7.25. The number of rotatable bonds is 7. The van der Waals surface area contributed by atoms with Gasteiger partial charge in [0.05, 0.1) is 11.8 Å². The van der Waals surface area contributed by atoms with Gasteiger partial charge in [0.1, 0.15) is 0 Å². The van der Waals surface area contributed by atoms with Crippen LogP contribution >= 0.6 is 23.1 Å². The van der Waals surface area contributed by atoms with E-state index in [1.54, 1.807) is 18.0 Å². The first kappa shape index (κ1) is 15.3. The highest BCUT2D eigenvalue weighted by atomic mass is 32.2. The number of thioether (sulfide) groups is 1. The Hall–Kier alpha value is -1.12. The molecule has 0 aliphatic heterocycles. The number of nitrogen functional groups attached to an aromatic ring is 1.